The molecular formula is C30H30N8O. The second-order valence-electron chi connectivity index (χ2n) is 9.25. The SMILES string of the molecule is CCCN(Cc1ccccc1)c1cc(NC(=O)Nc2ccc(C)cc2)cc(-c2ccccc2-c2nnn[nH]2)n1. The van der Waals surface area contributed by atoms with Crippen LogP contribution in [0.4, 0.5) is 22.0 Å². The first-order valence-corrected chi connectivity index (χ1v) is 12.9. The summed E-state index contributed by atoms with van der Waals surface area (Å²) in [6.45, 7) is 5.64. The maximum absolute atomic E-state index is 13.0. The van der Waals surface area contributed by atoms with Gasteiger partial charge in [0, 0.05) is 41.7 Å². The van der Waals surface area contributed by atoms with Crippen LogP contribution in [-0.2, 0) is 6.54 Å². The molecule has 9 nitrogen and oxygen atoms in total. The largest absolute Gasteiger partial charge is 0.352 e. The van der Waals surface area contributed by atoms with Crippen molar-refractivity contribution in [2.45, 2.75) is 26.8 Å². The minimum Gasteiger partial charge on any atom is -0.352 e. The van der Waals surface area contributed by atoms with Crippen LogP contribution in [0.5, 0.6) is 0 Å². The summed E-state index contributed by atoms with van der Waals surface area (Å²) in [5, 5.41) is 20.3. The number of pyridine rings is 1. The number of urea groups is 1. The number of carbonyl (C=O) groups is 1. The van der Waals surface area contributed by atoms with Crippen molar-refractivity contribution in [1.29, 1.82) is 0 Å². The Balaban J connectivity index is 1.53. The van der Waals surface area contributed by atoms with Gasteiger partial charge < -0.3 is 15.5 Å². The third-order valence-corrected chi connectivity index (χ3v) is 6.22. The smallest absolute Gasteiger partial charge is 0.323 e. The zero-order valence-corrected chi connectivity index (χ0v) is 21.9. The molecular weight excluding hydrogens is 488 g/mol. The Kier molecular flexibility index (Phi) is 7.87. The maximum atomic E-state index is 13.0. The van der Waals surface area contributed by atoms with Crippen LogP contribution < -0.4 is 15.5 Å². The molecule has 3 N–H and O–H groups in total. The van der Waals surface area contributed by atoms with Gasteiger partial charge in [-0.25, -0.2) is 14.9 Å². The first-order chi connectivity index (χ1) is 19.1. The number of hydrogen-bond donors (Lipinski definition) is 3. The molecule has 39 heavy (non-hydrogen) atoms. The summed E-state index contributed by atoms with van der Waals surface area (Å²) in [7, 11) is 0. The molecule has 0 atom stereocenters. The van der Waals surface area contributed by atoms with E-state index in [1.54, 1.807) is 0 Å². The quantitative estimate of drug-likeness (QED) is 0.211. The van der Waals surface area contributed by atoms with E-state index in [1.165, 1.54) is 5.56 Å². The third-order valence-electron chi connectivity index (χ3n) is 6.22. The minimum atomic E-state index is -0.334. The molecule has 5 aromatic rings. The summed E-state index contributed by atoms with van der Waals surface area (Å²) in [6.07, 6.45) is 0.940. The van der Waals surface area contributed by atoms with Gasteiger partial charge in [0.05, 0.1) is 5.69 Å². The molecule has 0 radical (unpaired) electrons. The number of amides is 2. The van der Waals surface area contributed by atoms with Crippen LogP contribution >= 0.6 is 0 Å². The molecule has 0 spiro atoms. The summed E-state index contributed by atoms with van der Waals surface area (Å²) in [5.41, 5.74) is 5.99. The van der Waals surface area contributed by atoms with Crippen molar-refractivity contribution in [3.8, 4) is 22.6 Å². The number of aryl methyl sites for hydroxylation is 1. The number of anilines is 3. The summed E-state index contributed by atoms with van der Waals surface area (Å²) in [4.78, 5) is 20.3. The lowest BCUT2D eigenvalue weighted by atomic mass is 10.0. The van der Waals surface area contributed by atoms with E-state index in [1.807, 2.05) is 85.8 Å². The van der Waals surface area contributed by atoms with E-state index in [0.717, 1.165) is 35.5 Å². The monoisotopic (exact) mass is 518 g/mol. The van der Waals surface area contributed by atoms with Crippen molar-refractivity contribution in [2.75, 3.05) is 22.1 Å². The van der Waals surface area contributed by atoms with Crippen LogP contribution in [0.1, 0.15) is 24.5 Å². The third kappa shape index (κ3) is 6.45. The number of H-pyrrole nitrogens is 1. The number of tetrazole rings is 1. The van der Waals surface area contributed by atoms with Gasteiger partial charge >= 0.3 is 6.03 Å². The number of nitrogens with zero attached hydrogens (tertiary/aromatic N) is 5. The lowest BCUT2D eigenvalue weighted by molar-refractivity contribution is 0.262. The lowest BCUT2D eigenvalue weighted by Gasteiger charge is -2.25. The van der Waals surface area contributed by atoms with Gasteiger partial charge in [-0.2, -0.15) is 0 Å². The highest BCUT2D eigenvalue weighted by molar-refractivity contribution is 6.00. The Bertz CT molecular complexity index is 1520. The molecule has 2 heterocycles. The van der Waals surface area contributed by atoms with E-state index >= 15 is 0 Å². The summed E-state index contributed by atoms with van der Waals surface area (Å²) >= 11 is 0. The number of hydrogen-bond acceptors (Lipinski definition) is 6. The fourth-order valence-electron chi connectivity index (χ4n) is 4.35. The Labute approximate surface area is 227 Å². The maximum Gasteiger partial charge on any atom is 0.323 e. The molecule has 0 saturated heterocycles. The molecule has 2 amide bonds. The number of carbonyl (C=O) groups excluding carboxylic acids is 1. The van der Waals surface area contributed by atoms with Gasteiger partial charge in [-0.3, -0.25) is 0 Å². The van der Waals surface area contributed by atoms with Gasteiger partial charge in [0.1, 0.15) is 5.82 Å². The van der Waals surface area contributed by atoms with Gasteiger partial charge in [0.2, 0.25) is 0 Å². The molecule has 0 unspecified atom stereocenters. The first-order valence-electron chi connectivity index (χ1n) is 12.9. The normalized spacial score (nSPS) is 10.7. The standard InChI is InChI=1S/C30H30N8O/c1-3-17-38(20-22-9-5-4-6-10-22)28-19-24(32-30(39)31-23-15-13-21(2)14-16-23)18-27(33-28)25-11-7-8-12-26(25)29-34-36-37-35-29/h4-16,18-19H,3,17,20H2,1-2H3,(H2,31,32,33,39)(H,34,35,36,37). The van der Waals surface area contributed by atoms with Crippen molar-refractivity contribution < 1.29 is 4.79 Å². The Morgan fingerprint density at radius 2 is 1.59 bits per heavy atom. The lowest BCUT2D eigenvalue weighted by Crippen LogP contribution is -2.25. The highest BCUT2D eigenvalue weighted by Crippen LogP contribution is 2.32. The van der Waals surface area contributed by atoms with Gasteiger partial charge in [-0.15, -0.1) is 5.10 Å². The van der Waals surface area contributed by atoms with E-state index in [0.29, 0.717) is 29.4 Å². The topological polar surface area (TPSA) is 112 Å². The van der Waals surface area contributed by atoms with Crippen LogP contribution in [0.25, 0.3) is 22.6 Å². The highest BCUT2D eigenvalue weighted by atomic mass is 16.2. The first kappa shape index (κ1) is 25.6. The summed E-state index contributed by atoms with van der Waals surface area (Å²) < 4.78 is 0. The number of rotatable bonds is 9. The molecule has 0 aliphatic rings. The zero-order valence-electron chi connectivity index (χ0n) is 21.9. The van der Waals surface area contributed by atoms with E-state index in [9.17, 15) is 4.79 Å². The average Bonchev–Trinajstić information content (AvgIpc) is 3.50. The van der Waals surface area contributed by atoms with E-state index < -0.39 is 0 Å². The number of benzene rings is 3. The number of nitrogens with one attached hydrogen (secondary N) is 3. The summed E-state index contributed by atoms with van der Waals surface area (Å²) in [5.74, 6) is 1.30. The van der Waals surface area contributed by atoms with Crippen molar-refractivity contribution in [3.05, 3.63) is 102 Å². The van der Waals surface area contributed by atoms with Crippen molar-refractivity contribution >= 4 is 23.2 Å². The van der Waals surface area contributed by atoms with Crippen LogP contribution in [0.15, 0.2) is 91.0 Å². The minimum absolute atomic E-state index is 0.334. The van der Waals surface area contributed by atoms with E-state index in [2.05, 4.69) is 55.2 Å². The van der Waals surface area contributed by atoms with Crippen molar-refractivity contribution in [3.63, 3.8) is 0 Å². The Morgan fingerprint density at radius 3 is 2.31 bits per heavy atom. The van der Waals surface area contributed by atoms with Gasteiger partial charge in [-0.1, -0.05) is 79.2 Å². The van der Waals surface area contributed by atoms with Crippen LogP contribution in [0.2, 0.25) is 0 Å². The molecule has 0 aliphatic heterocycles. The molecule has 2 aromatic heterocycles. The second kappa shape index (κ2) is 12.0. The molecule has 0 fully saturated rings. The molecule has 0 saturated carbocycles. The fourth-order valence-corrected chi connectivity index (χ4v) is 4.35. The van der Waals surface area contributed by atoms with Crippen molar-refractivity contribution in [2.24, 2.45) is 0 Å². The predicted octanol–water partition coefficient (Wildman–Crippen LogP) is 6.30. The summed E-state index contributed by atoms with van der Waals surface area (Å²) in [6, 6.07) is 29.2. The van der Waals surface area contributed by atoms with Crippen LogP contribution in [0, 0.1) is 6.92 Å². The van der Waals surface area contributed by atoms with Crippen LogP contribution in [-0.4, -0.2) is 38.2 Å². The zero-order chi connectivity index (χ0) is 27.0. The predicted molar refractivity (Wildman–Crippen MR) is 154 cm³/mol. The van der Waals surface area contributed by atoms with Crippen molar-refractivity contribution in [1.82, 2.24) is 25.6 Å². The average molecular weight is 519 g/mol. The van der Waals surface area contributed by atoms with Gasteiger partial charge in [0.15, 0.2) is 5.82 Å². The number of aromatic amines is 1. The molecule has 196 valence electrons. The molecule has 5 rings (SSSR count). The van der Waals surface area contributed by atoms with E-state index in [4.69, 9.17) is 4.98 Å². The highest BCUT2D eigenvalue weighted by Gasteiger charge is 2.17. The number of aromatic nitrogens is 5. The van der Waals surface area contributed by atoms with Crippen LogP contribution in [0.3, 0.4) is 0 Å². The van der Waals surface area contributed by atoms with E-state index in [-0.39, 0.29) is 6.03 Å². The van der Waals surface area contributed by atoms with Gasteiger partial charge in [0.25, 0.3) is 0 Å². The molecule has 3 aromatic carbocycles. The molecule has 0 bridgehead atoms. The molecule has 0 aliphatic carbocycles. The Hall–Kier alpha value is -5.05. The fraction of sp³-hybridized carbons (Fsp3) is 0.167. The van der Waals surface area contributed by atoms with Gasteiger partial charge in [-0.05, 0) is 47.5 Å². The molecule has 9 heteroatoms. The Morgan fingerprint density at radius 1 is 0.872 bits per heavy atom. The second-order valence-corrected chi connectivity index (χ2v) is 9.25.